The van der Waals surface area contributed by atoms with Gasteiger partial charge in [-0.25, -0.2) is 0 Å². The Labute approximate surface area is 132 Å². The van der Waals surface area contributed by atoms with Crippen LogP contribution in [0.2, 0.25) is 0 Å². The number of hydrogen-bond acceptors (Lipinski definition) is 2. The van der Waals surface area contributed by atoms with Crippen molar-refractivity contribution in [2.24, 2.45) is 0 Å². The van der Waals surface area contributed by atoms with Crippen LogP contribution < -0.4 is 0 Å². The highest BCUT2D eigenvalue weighted by Gasteiger charge is 2.06. The van der Waals surface area contributed by atoms with E-state index in [0.29, 0.717) is 0 Å². The molecule has 0 saturated heterocycles. The van der Waals surface area contributed by atoms with Crippen molar-refractivity contribution < 1.29 is 0 Å². The molecule has 0 saturated carbocycles. The number of unbranched alkanes of at least 4 members (excludes halogenated alkanes) is 2. The molecule has 0 bridgehead atoms. The third kappa shape index (κ3) is 3.11. The maximum Gasteiger partial charge on any atom is 0.0799 e. The summed E-state index contributed by atoms with van der Waals surface area (Å²) in [5.74, 6) is 0. The second-order valence-electron chi connectivity index (χ2n) is 6.06. The summed E-state index contributed by atoms with van der Waals surface area (Å²) in [6.45, 7) is 4.45. The number of aromatic nitrogens is 2. The minimum atomic E-state index is 1.05. The molecule has 0 radical (unpaired) electrons. The van der Waals surface area contributed by atoms with Gasteiger partial charge in [-0.2, -0.15) is 0 Å². The van der Waals surface area contributed by atoms with E-state index < -0.39 is 0 Å². The summed E-state index contributed by atoms with van der Waals surface area (Å²) in [6.07, 6.45) is 9.02. The average molecular weight is 292 g/mol. The molecule has 0 unspecified atom stereocenters. The largest absolute Gasteiger partial charge is 0.256 e. The lowest BCUT2D eigenvalue weighted by Gasteiger charge is -2.07. The van der Waals surface area contributed by atoms with E-state index in [1.165, 1.54) is 47.7 Å². The smallest absolute Gasteiger partial charge is 0.0799 e. The average Bonchev–Trinajstić information content (AvgIpc) is 2.57. The number of nitrogens with zero attached hydrogens (tertiary/aromatic N) is 2. The van der Waals surface area contributed by atoms with Crippen molar-refractivity contribution in [3.63, 3.8) is 0 Å². The molecule has 2 heteroatoms. The van der Waals surface area contributed by atoms with E-state index in [2.05, 4.69) is 49.2 Å². The van der Waals surface area contributed by atoms with Crippen molar-refractivity contribution in [1.29, 1.82) is 0 Å². The molecule has 1 aromatic carbocycles. The molecule has 2 nitrogen and oxygen atoms in total. The quantitative estimate of drug-likeness (QED) is 0.563. The predicted octanol–water partition coefficient (Wildman–Crippen LogP) is 5.47. The Bertz CT molecular complexity index is 710. The first-order chi connectivity index (χ1) is 10.8. The van der Waals surface area contributed by atoms with Crippen molar-refractivity contribution >= 4 is 21.8 Å². The van der Waals surface area contributed by atoms with Gasteiger partial charge >= 0.3 is 0 Å². The summed E-state index contributed by atoms with van der Waals surface area (Å²) in [5.41, 5.74) is 4.67. The molecule has 0 N–H and O–H groups in total. The van der Waals surface area contributed by atoms with E-state index in [-0.39, 0.29) is 0 Å². The van der Waals surface area contributed by atoms with E-state index in [1.807, 2.05) is 6.20 Å². The van der Waals surface area contributed by atoms with Crippen LogP contribution >= 0.6 is 0 Å². The van der Waals surface area contributed by atoms with Crippen LogP contribution in [0.4, 0.5) is 0 Å². The molecule has 0 spiro atoms. The molecule has 0 fully saturated rings. The van der Waals surface area contributed by atoms with Gasteiger partial charge in [0.1, 0.15) is 0 Å². The van der Waals surface area contributed by atoms with Gasteiger partial charge in [0.05, 0.1) is 11.0 Å². The Balaban J connectivity index is 2.09. The topological polar surface area (TPSA) is 25.8 Å². The zero-order chi connectivity index (χ0) is 15.4. The van der Waals surface area contributed by atoms with Gasteiger partial charge in [-0.15, -0.1) is 0 Å². The summed E-state index contributed by atoms with van der Waals surface area (Å²) in [4.78, 5) is 9.56. The fourth-order valence-corrected chi connectivity index (χ4v) is 2.89. The molecule has 114 valence electrons. The fourth-order valence-electron chi connectivity index (χ4n) is 2.89. The lowest BCUT2D eigenvalue weighted by Crippen LogP contribution is -1.93. The van der Waals surface area contributed by atoms with Crippen molar-refractivity contribution in [3.8, 4) is 0 Å². The van der Waals surface area contributed by atoms with Gasteiger partial charge in [-0.05, 0) is 49.4 Å². The molecule has 0 atom stereocenters. The summed E-state index contributed by atoms with van der Waals surface area (Å²) in [6, 6.07) is 10.9. The number of aryl methyl sites for hydroxylation is 2. The molecule has 2 aromatic heterocycles. The molecule has 0 amide bonds. The molecule has 3 aromatic rings. The Hall–Kier alpha value is -1.96. The van der Waals surface area contributed by atoms with Crippen LogP contribution in [-0.4, -0.2) is 9.97 Å². The van der Waals surface area contributed by atoms with Crippen LogP contribution in [0.1, 0.15) is 50.8 Å². The second-order valence-corrected chi connectivity index (χ2v) is 6.06. The van der Waals surface area contributed by atoms with Gasteiger partial charge in [0, 0.05) is 22.7 Å². The molecule has 0 aliphatic carbocycles. The monoisotopic (exact) mass is 292 g/mol. The standard InChI is InChI=1S/C20H24N2/c1-3-5-7-15-13-18-19(21-14-15)12-10-16-9-11-17(8-6-4-2)22-20(16)18/h9-14H,3-8H2,1-2H3. The number of fused-ring (bicyclic) bond motifs is 3. The molecule has 0 aliphatic heterocycles. The van der Waals surface area contributed by atoms with Crippen molar-refractivity contribution in [1.82, 2.24) is 9.97 Å². The highest BCUT2D eigenvalue weighted by molar-refractivity contribution is 6.03. The minimum Gasteiger partial charge on any atom is -0.256 e. The van der Waals surface area contributed by atoms with E-state index >= 15 is 0 Å². The first kappa shape index (κ1) is 15.0. The molecule has 22 heavy (non-hydrogen) atoms. The van der Waals surface area contributed by atoms with Gasteiger partial charge in [0.25, 0.3) is 0 Å². The lowest BCUT2D eigenvalue weighted by atomic mass is 10.0. The van der Waals surface area contributed by atoms with Crippen LogP contribution in [0, 0.1) is 0 Å². The minimum absolute atomic E-state index is 1.05. The van der Waals surface area contributed by atoms with Gasteiger partial charge in [-0.3, -0.25) is 9.97 Å². The van der Waals surface area contributed by atoms with Gasteiger partial charge in [-0.1, -0.05) is 38.8 Å². The Kier molecular flexibility index (Phi) is 4.67. The van der Waals surface area contributed by atoms with Crippen molar-refractivity contribution in [3.05, 3.63) is 47.8 Å². The second kappa shape index (κ2) is 6.87. The predicted molar refractivity (Wildman–Crippen MR) is 94.3 cm³/mol. The van der Waals surface area contributed by atoms with E-state index in [4.69, 9.17) is 4.98 Å². The number of hydrogen-bond donors (Lipinski definition) is 0. The zero-order valence-electron chi connectivity index (χ0n) is 13.6. The molecular formula is C20H24N2. The third-order valence-corrected chi connectivity index (χ3v) is 4.24. The van der Waals surface area contributed by atoms with Crippen molar-refractivity contribution in [2.75, 3.05) is 0 Å². The van der Waals surface area contributed by atoms with E-state index in [9.17, 15) is 0 Å². The molecule has 3 rings (SSSR count). The number of rotatable bonds is 6. The Morgan fingerprint density at radius 2 is 1.68 bits per heavy atom. The molecule has 0 aliphatic rings. The summed E-state index contributed by atoms with van der Waals surface area (Å²) < 4.78 is 0. The van der Waals surface area contributed by atoms with Gasteiger partial charge < -0.3 is 0 Å². The zero-order valence-corrected chi connectivity index (χ0v) is 13.6. The van der Waals surface area contributed by atoms with Crippen molar-refractivity contribution in [2.45, 2.75) is 52.4 Å². The van der Waals surface area contributed by atoms with Gasteiger partial charge in [0.2, 0.25) is 0 Å². The maximum absolute atomic E-state index is 4.92. The Morgan fingerprint density at radius 3 is 2.50 bits per heavy atom. The number of pyridine rings is 2. The fraction of sp³-hybridized carbons (Fsp3) is 0.400. The summed E-state index contributed by atoms with van der Waals surface area (Å²) in [5, 5.41) is 2.41. The summed E-state index contributed by atoms with van der Waals surface area (Å²) in [7, 11) is 0. The van der Waals surface area contributed by atoms with Crippen LogP contribution in [0.25, 0.3) is 21.8 Å². The molecular weight excluding hydrogens is 268 g/mol. The lowest BCUT2D eigenvalue weighted by molar-refractivity contribution is 0.780. The normalized spacial score (nSPS) is 11.4. The summed E-state index contributed by atoms with van der Waals surface area (Å²) >= 11 is 0. The number of benzene rings is 1. The third-order valence-electron chi connectivity index (χ3n) is 4.24. The van der Waals surface area contributed by atoms with Crippen LogP contribution in [0.3, 0.4) is 0 Å². The highest BCUT2D eigenvalue weighted by Crippen LogP contribution is 2.24. The first-order valence-electron chi connectivity index (χ1n) is 8.49. The van der Waals surface area contributed by atoms with E-state index in [1.54, 1.807) is 0 Å². The van der Waals surface area contributed by atoms with E-state index in [0.717, 1.165) is 23.9 Å². The SMILES string of the molecule is CCCCc1cnc2ccc3ccc(CCCC)nc3c2c1. The van der Waals surface area contributed by atoms with Gasteiger partial charge in [0.15, 0.2) is 0 Å². The Morgan fingerprint density at radius 1 is 0.909 bits per heavy atom. The van der Waals surface area contributed by atoms with Crippen LogP contribution in [-0.2, 0) is 12.8 Å². The molecule has 2 heterocycles. The highest BCUT2D eigenvalue weighted by atomic mass is 14.7. The van der Waals surface area contributed by atoms with Crippen LogP contribution in [0.15, 0.2) is 36.5 Å². The first-order valence-corrected chi connectivity index (χ1v) is 8.49. The van der Waals surface area contributed by atoms with Crippen LogP contribution in [0.5, 0.6) is 0 Å². The maximum atomic E-state index is 4.92.